The summed E-state index contributed by atoms with van der Waals surface area (Å²) in [5.74, 6) is 4.32. The number of carbonyl (C=O) groups excluding carboxylic acids is 1. The molecule has 0 atom stereocenters. The summed E-state index contributed by atoms with van der Waals surface area (Å²) in [4.78, 5) is 15.9. The number of nitrogen functional groups attached to an aromatic ring is 1. The maximum Gasteiger partial charge on any atom is 0.259 e. The Bertz CT molecular complexity index is 620. The fraction of sp³-hybridized carbons (Fsp3) is 0. The van der Waals surface area contributed by atoms with Crippen molar-refractivity contribution in [3.05, 3.63) is 53.1 Å². The molecular weight excluding hydrogens is 271 g/mol. The van der Waals surface area contributed by atoms with E-state index in [0.29, 0.717) is 11.4 Å². The van der Waals surface area contributed by atoms with E-state index in [-0.39, 0.29) is 10.6 Å². The van der Waals surface area contributed by atoms with Gasteiger partial charge in [0.15, 0.2) is 0 Å². The average Bonchev–Trinajstić information content (AvgIpc) is 2.43. The van der Waals surface area contributed by atoms with E-state index in [9.17, 15) is 9.18 Å². The molecule has 0 aliphatic rings. The topological polar surface area (TPSA) is 80.0 Å². The Morgan fingerprint density at radius 3 is 2.84 bits per heavy atom. The van der Waals surface area contributed by atoms with Gasteiger partial charge < -0.3 is 10.7 Å². The van der Waals surface area contributed by atoms with Crippen molar-refractivity contribution in [1.82, 2.24) is 4.98 Å². The van der Waals surface area contributed by atoms with Gasteiger partial charge in [0.05, 0.1) is 16.3 Å². The lowest BCUT2D eigenvalue weighted by atomic mass is 10.2. The summed E-state index contributed by atoms with van der Waals surface area (Å²) in [7, 11) is 0. The molecule has 4 N–H and O–H groups in total. The zero-order chi connectivity index (χ0) is 13.8. The first kappa shape index (κ1) is 13.3. The summed E-state index contributed by atoms with van der Waals surface area (Å²) >= 11 is 5.63. The molecule has 1 aromatic heterocycles. The van der Waals surface area contributed by atoms with Crippen molar-refractivity contribution in [3.63, 3.8) is 0 Å². The summed E-state index contributed by atoms with van der Waals surface area (Å²) in [6.45, 7) is 0. The Labute approximate surface area is 113 Å². The minimum atomic E-state index is -0.551. The first-order valence-corrected chi connectivity index (χ1v) is 5.66. The van der Waals surface area contributed by atoms with Crippen molar-refractivity contribution in [2.24, 2.45) is 5.84 Å². The van der Waals surface area contributed by atoms with Crippen LogP contribution in [0.5, 0.6) is 0 Å². The third-order valence-corrected chi connectivity index (χ3v) is 2.69. The Hall–Kier alpha value is -2.18. The molecule has 1 aromatic carbocycles. The second-order valence-electron chi connectivity index (χ2n) is 3.65. The maximum absolute atomic E-state index is 13.0. The second kappa shape index (κ2) is 5.64. The van der Waals surface area contributed by atoms with Crippen LogP contribution in [0.25, 0.3) is 0 Å². The highest BCUT2D eigenvalue weighted by Gasteiger charge is 2.12. The fourth-order valence-electron chi connectivity index (χ4n) is 1.47. The monoisotopic (exact) mass is 280 g/mol. The van der Waals surface area contributed by atoms with Gasteiger partial charge in [0.1, 0.15) is 5.82 Å². The predicted molar refractivity (Wildman–Crippen MR) is 71.4 cm³/mol. The number of pyridine rings is 1. The van der Waals surface area contributed by atoms with Gasteiger partial charge in [-0.25, -0.2) is 4.39 Å². The minimum absolute atomic E-state index is 0.0684. The molecule has 0 spiro atoms. The van der Waals surface area contributed by atoms with Crippen LogP contribution in [0.15, 0.2) is 36.7 Å². The highest BCUT2D eigenvalue weighted by Crippen LogP contribution is 2.21. The Balaban J connectivity index is 2.23. The van der Waals surface area contributed by atoms with Gasteiger partial charge in [-0.2, -0.15) is 0 Å². The largest absolute Gasteiger partial charge is 0.323 e. The summed E-state index contributed by atoms with van der Waals surface area (Å²) < 4.78 is 13.0. The quantitative estimate of drug-likeness (QED) is 0.596. The van der Waals surface area contributed by atoms with Crippen molar-refractivity contribution < 1.29 is 9.18 Å². The lowest BCUT2D eigenvalue weighted by Gasteiger charge is -2.09. The molecule has 7 heteroatoms. The molecule has 0 saturated heterocycles. The van der Waals surface area contributed by atoms with E-state index in [0.717, 1.165) is 0 Å². The van der Waals surface area contributed by atoms with Gasteiger partial charge in [-0.3, -0.25) is 15.6 Å². The smallest absolute Gasteiger partial charge is 0.259 e. The molecule has 0 aliphatic heterocycles. The van der Waals surface area contributed by atoms with E-state index in [4.69, 9.17) is 17.4 Å². The number of amides is 1. The molecule has 0 radical (unpaired) electrons. The second-order valence-corrected chi connectivity index (χ2v) is 4.06. The number of halogens is 2. The number of nitrogens with two attached hydrogens (primary N) is 1. The number of anilines is 2. The van der Waals surface area contributed by atoms with Crippen LogP contribution in [0.4, 0.5) is 15.8 Å². The summed E-state index contributed by atoms with van der Waals surface area (Å²) in [6, 6.07) is 5.46. The standard InChI is InChI=1S/C12H10ClFN4O/c13-9-5-7(1-2-10(9)14)17-12(19)8-6-16-4-3-11(8)18-15/h1-6H,15H2,(H,16,18)(H,17,19). The number of carbonyl (C=O) groups is 1. The Kier molecular flexibility index (Phi) is 3.94. The number of hydrogen-bond acceptors (Lipinski definition) is 4. The SMILES string of the molecule is NNc1ccncc1C(=O)Nc1ccc(F)c(Cl)c1. The molecule has 0 saturated carbocycles. The number of aromatic nitrogens is 1. The molecule has 0 unspecified atom stereocenters. The lowest BCUT2D eigenvalue weighted by Crippen LogP contribution is -2.17. The molecule has 2 aromatic rings. The van der Waals surface area contributed by atoms with Crippen LogP contribution in [0.3, 0.4) is 0 Å². The van der Waals surface area contributed by atoms with E-state index < -0.39 is 11.7 Å². The molecule has 2 rings (SSSR count). The van der Waals surface area contributed by atoms with Crippen LogP contribution >= 0.6 is 11.6 Å². The van der Waals surface area contributed by atoms with Crippen LogP contribution in [0, 0.1) is 5.82 Å². The van der Waals surface area contributed by atoms with Gasteiger partial charge in [-0.15, -0.1) is 0 Å². The van der Waals surface area contributed by atoms with Crippen LogP contribution in [-0.4, -0.2) is 10.9 Å². The van der Waals surface area contributed by atoms with Crippen LogP contribution < -0.4 is 16.6 Å². The zero-order valence-corrected chi connectivity index (χ0v) is 10.4. The molecule has 98 valence electrons. The predicted octanol–water partition coefficient (Wildman–Crippen LogP) is 2.41. The van der Waals surface area contributed by atoms with E-state index >= 15 is 0 Å². The number of rotatable bonds is 3. The molecule has 0 fully saturated rings. The van der Waals surface area contributed by atoms with E-state index in [1.54, 1.807) is 6.07 Å². The highest BCUT2D eigenvalue weighted by atomic mass is 35.5. The highest BCUT2D eigenvalue weighted by molar-refractivity contribution is 6.31. The average molecular weight is 281 g/mol. The van der Waals surface area contributed by atoms with E-state index in [1.807, 2.05) is 0 Å². The normalized spacial score (nSPS) is 10.1. The lowest BCUT2D eigenvalue weighted by molar-refractivity contribution is 0.102. The number of hydrazine groups is 1. The first-order valence-electron chi connectivity index (χ1n) is 5.29. The fourth-order valence-corrected chi connectivity index (χ4v) is 1.65. The van der Waals surface area contributed by atoms with Gasteiger partial charge in [0.2, 0.25) is 0 Å². The van der Waals surface area contributed by atoms with Crippen molar-refractivity contribution in [2.45, 2.75) is 0 Å². The summed E-state index contributed by atoms with van der Waals surface area (Å²) in [5, 5.41) is 2.51. The summed E-state index contributed by atoms with van der Waals surface area (Å²) in [6.07, 6.45) is 2.87. The Morgan fingerprint density at radius 2 is 2.16 bits per heavy atom. The maximum atomic E-state index is 13.0. The van der Waals surface area contributed by atoms with Crippen LogP contribution in [-0.2, 0) is 0 Å². The third-order valence-electron chi connectivity index (χ3n) is 2.40. The summed E-state index contributed by atoms with van der Waals surface area (Å²) in [5.41, 5.74) is 3.47. The van der Waals surface area contributed by atoms with Gasteiger partial charge in [0.25, 0.3) is 5.91 Å². The molecule has 1 amide bonds. The number of nitrogens with zero attached hydrogens (tertiary/aromatic N) is 1. The van der Waals surface area contributed by atoms with Gasteiger partial charge >= 0.3 is 0 Å². The molecule has 0 bridgehead atoms. The molecule has 19 heavy (non-hydrogen) atoms. The van der Waals surface area contributed by atoms with Crippen LogP contribution in [0.2, 0.25) is 5.02 Å². The van der Waals surface area contributed by atoms with Gasteiger partial charge in [-0.05, 0) is 24.3 Å². The first-order chi connectivity index (χ1) is 9.11. The van der Waals surface area contributed by atoms with Crippen molar-refractivity contribution >= 4 is 28.9 Å². The molecule has 5 nitrogen and oxygen atoms in total. The van der Waals surface area contributed by atoms with E-state index in [1.165, 1.54) is 30.6 Å². The zero-order valence-electron chi connectivity index (χ0n) is 9.65. The van der Waals surface area contributed by atoms with Crippen LogP contribution in [0.1, 0.15) is 10.4 Å². The molecule has 1 heterocycles. The number of hydrogen-bond donors (Lipinski definition) is 3. The van der Waals surface area contributed by atoms with Crippen molar-refractivity contribution in [3.8, 4) is 0 Å². The van der Waals surface area contributed by atoms with Crippen molar-refractivity contribution in [1.29, 1.82) is 0 Å². The molecular formula is C12H10ClFN4O. The third kappa shape index (κ3) is 2.98. The van der Waals surface area contributed by atoms with Crippen molar-refractivity contribution in [2.75, 3.05) is 10.7 Å². The molecule has 0 aliphatic carbocycles. The number of benzene rings is 1. The Morgan fingerprint density at radius 1 is 1.37 bits per heavy atom. The number of nitrogens with one attached hydrogen (secondary N) is 2. The minimum Gasteiger partial charge on any atom is -0.323 e. The van der Waals surface area contributed by atoms with Gasteiger partial charge in [0, 0.05) is 18.1 Å². The van der Waals surface area contributed by atoms with E-state index in [2.05, 4.69) is 15.7 Å². The van der Waals surface area contributed by atoms with Gasteiger partial charge in [-0.1, -0.05) is 11.6 Å².